The summed E-state index contributed by atoms with van der Waals surface area (Å²) in [6.07, 6.45) is 3.99. The molecular formula is C27H27Cl2N3O3S. The first kappa shape index (κ1) is 25.1. The molecule has 2 aromatic carbocycles. The standard InChI is InChI=1S/C27H27Cl2N3O3S/c1-15-25(31-16(2)26(15)17-8-10-30-11-9-17)13-20-19-12-18(6-7-24(19)32-27(20)33)36(34,35)14-21-22(28)4-3-5-23(21)29/h3-7,12-13,17,30-31H,8-11,14H2,1-2H3,(H,32,33)/b20-13-. The van der Waals surface area contributed by atoms with Gasteiger partial charge in [-0.05, 0) is 93.2 Å². The minimum atomic E-state index is -3.77. The topological polar surface area (TPSA) is 91.1 Å². The molecule has 1 aromatic heterocycles. The highest BCUT2D eigenvalue weighted by Gasteiger charge is 2.29. The van der Waals surface area contributed by atoms with Crippen molar-refractivity contribution in [2.75, 3.05) is 18.4 Å². The van der Waals surface area contributed by atoms with Gasteiger partial charge in [0.25, 0.3) is 5.91 Å². The van der Waals surface area contributed by atoms with Crippen molar-refractivity contribution in [2.24, 2.45) is 0 Å². The van der Waals surface area contributed by atoms with Crippen molar-refractivity contribution in [1.82, 2.24) is 10.3 Å². The van der Waals surface area contributed by atoms with Crippen LogP contribution in [-0.4, -0.2) is 32.4 Å². The number of anilines is 1. The van der Waals surface area contributed by atoms with E-state index in [-0.39, 0.29) is 16.6 Å². The van der Waals surface area contributed by atoms with Crippen molar-refractivity contribution in [1.29, 1.82) is 0 Å². The SMILES string of the molecule is Cc1[nH]c(/C=C2\C(=O)Nc3ccc(S(=O)(=O)Cc4c(Cl)cccc4Cl)cc32)c(C)c1C1CCNCC1. The van der Waals surface area contributed by atoms with Crippen molar-refractivity contribution in [2.45, 2.75) is 43.3 Å². The summed E-state index contributed by atoms with van der Waals surface area (Å²) in [5.74, 6) is -0.115. The zero-order valence-electron chi connectivity index (χ0n) is 20.0. The average molecular weight is 545 g/mol. The van der Waals surface area contributed by atoms with Crippen molar-refractivity contribution in [3.05, 3.63) is 80.1 Å². The molecule has 0 radical (unpaired) electrons. The minimum Gasteiger partial charge on any atom is -0.359 e. The normalized spacial score (nSPS) is 17.4. The van der Waals surface area contributed by atoms with Crippen LogP contribution in [-0.2, 0) is 20.4 Å². The molecule has 2 aliphatic heterocycles. The second-order valence-corrected chi connectivity index (χ2v) is 12.2. The van der Waals surface area contributed by atoms with Gasteiger partial charge in [-0.25, -0.2) is 8.42 Å². The van der Waals surface area contributed by atoms with Crippen LogP contribution in [0.4, 0.5) is 5.69 Å². The maximum atomic E-state index is 13.3. The lowest BCUT2D eigenvalue weighted by Crippen LogP contribution is -2.27. The van der Waals surface area contributed by atoms with Crippen molar-refractivity contribution in [3.63, 3.8) is 0 Å². The summed E-state index contributed by atoms with van der Waals surface area (Å²) < 4.78 is 26.6. The lowest BCUT2D eigenvalue weighted by molar-refractivity contribution is -0.110. The molecule has 6 nitrogen and oxygen atoms in total. The Morgan fingerprint density at radius 2 is 1.75 bits per heavy atom. The summed E-state index contributed by atoms with van der Waals surface area (Å²) in [6, 6.07) is 9.58. The van der Waals surface area contributed by atoms with Gasteiger partial charge in [0.2, 0.25) is 0 Å². The molecule has 0 saturated carbocycles. The van der Waals surface area contributed by atoms with Crippen LogP contribution in [0.5, 0.6) is 0 Å². The Labute approximate surface area is 221 Å². The molecule has 0 bridgehead atoms. The molecule has 3 N–H and O–H groups in total. The van der Waals surface area contributed by atoms with E-state index in [2.05, 4.69) is 29.5 Å². The van der Waals surface area contributed by atoms with Crippen LogP contribution < -0.4 is 10.6 Å². The number of aryl methyl sites for hydroxylation is 1. The van der Waals surface area contributed by atoms with Gasteiger partial charge in [-0.15, -0.1) is 0 Å². The Morgan fingerprint density at radius 3 is 2.44 bits per heavy atom. The number of halogens is 2. The van der Waals surface area contributed by atoms with Crippen LogP contribution in [0.3, 0.4) is 0 Å². The molecule has 2 aliphatic rings. The van der Waals surface area contributed by atoms with Crippen molar-refractivity contribution < 1.29 is 13.2 Å². The van der Waals surface area contributed by atoms with E-state index in [1.807, 2.05) is 6.08 Å². The van der Waals surface area contributed by atoms with Gasteiger partial charge in [0.15, 0.2) is 9.84 Å². The summed E-state index contributed by atoms with van der Waals surface area (Å²) in [6.45, 7) is 6.14. The molecule has 0 atom stereocenters. The third-order valence-corrected chi connectivity index (χ3v) is 9.45. The number of piperidine rings is 1. The first-order valence-electron chi connectivity index (χ1n) is 11.9. The fourth-order valence-electron chi connectivity index (χ4n) is 5.25. The monoisotopic (exact) mass is 543 g/mol. The number of sulfone groups is 1. The Hall–Kier alpha value is -2.58. The molecule has 1 amide bonds. The van der Waals surface area contributed by atoms with Gasteiger partial charge in [-0.2, -0.15) is 0 Å². The fraction of sp³-hybridized carbons (Fsp3) is 0.296. The molecule has 36 heavy (non-hydrogen) atoms. The zero-order chi connectivity index (χ0) is 25.6. The third kappa shape index (κ3) is 4.61. The predicted molar refractivity (Wildman–Crippen MR) is 145 cm³/mol. The molecule has 3 aromatic rings. The number of hydrogen-bond donors (Lipinski definition) is 3. The summed E-state index contributed by atoms with van der Waals surface area (Å²) in [4.78, 5) is 16.5. The summed E-state index contributed by atoms with van der Waals surface area (Å²) in [7, 11) is -3.77. The molecule has 9 heteroatoms. The molecular weight excluding hydrogens is 517 g/mol. The second kappa shape index (κ2) is 9.71. The van der Waals surface area contributed by atoms with E-state index >= 15 is 0 Å². The molecule has 5 rings (SSSR count). The predicted octanol–water partition coefficient (Wildman–Crippen LogP) is 5.87. The van der Waals surface area contributed by atoms with E-state index in [4.69, 9.17) is 23.2 Å². The maximum absolute atomic E-state index is 13.3. The Morgan fingerprint density at radius 1 is 1.06 bits per heavy atom. The van der Waals surface area contributed by atoms with E-state index in [0.29, 0.717) is 38.4 Å². The maximum Gasteiger partial charge on any atom is 0.256 e. The lowest BCUT2D eigenvalue weighted by Gasteiger charge is -2.23. The number of amides is 1. The molecule has 0 aliphatic carbocycles. The number of hydrogen-bond acceptors (Lipinski definition) is 4. The van der Waals surface area contributed by atoms with Gasteiger partial charge in [0, 0.05) is 38.2 Å². The number of rotatable bonds is 5. The van der Waals surface area contributed by atoms with Gasteiger partial charge in [0.05, 0.1) is 16.2 Å². The van der Waals surface area contributed by atoms with Crippen molar-refractivity contribution >= 4 is 56.3 Å². The number of benzene rings is 2. The van der Waals surface area contributed by atoms with Crippen LogP contribution in [0.1, 0.15) is 52.4 Å². The molecule has 0 unspecified atom stereocenters. The van der Waals surface area contributed by atoms with E-state index in [9.17, 15) is 13.2 Å². The summed E-state index contributed by atoms with van der Waals surface area (Å²) in [5.41, 5.74) is 6.35. The second-order valence-electron chi connectivity index (χ2n) is 9.41. The van der Waals surface area contributed by atoms with Gasteiger partial charge in [-0.3, -0.25) is 4.79 Å². The lowest BCUT2D eigenvalue weighted by atomic mass is 9.87. The largest absolute Gasteiger partial charge is 0.359 e. The molecule has 0 spiro atoms. The highest BCUT2D eigenvalue weighted by Crippen LogP contribution is 2.38. The number of carbonyl (C=O) groups excluding carboxylic acids is 1. The van der Waals surface area contributed by atoms with Crippen LogP contribution in [0.15, 0.2) is 41.3 Å². The number of aromatic nitrogens is 1. The van der Waals surface area contributed by atoms with Crippen LogP contribution >= 0.6 is 23.2 Å². The Kier molecular flexibility index (Phi) is 6.76. The van der Waals surface area contributed by atoms with E-state index in [0.717, 1.165) is 42.9 Å². The smallest absolute Gasteiger partial charge is 0.256 e. The first-order valence-corrected chi connectivity index (χ1v) is 14.3. The van der Waals surface area contributed by atoms with Crippen molar-refractivity contribution in [3.8, 4) is 0 Å². The van der Waals surface area contributed by atoms with E-state index in [1.54, 1.807) is 30.3 Å². The highest BCUT2D eigenvalue weighted by atomic mass is 35.5. The van der Waals surface area contributed by atoms with Gasteiger partial charge in [-0.1, -0.05) is 29.3 Å². The van der Waals surface area contributed by atoms with Gasteiger partial charge < -0.3 is 15.6 Å². The molecule has 188 valence electrons. The number of fused-ring (bicyclic) bond motifs is 1. The number of aromatic amines is 1. The number of nitrogens with one attached hydrogen (secondary N) is 3. The fourth-order valence-corrected chi connectivity index (χ4v) is 7.37. The average Bonchev–Trinajstić information content (AvgIpc) is 3.31. The molecule has 1 fully saturated rings. The van der Waals surface area contributed by atoms with E-state index in [1.165, 1.54) is 11.6 Å². The molecule has 3 heterocycles. The molecule has 1 saturated heterocycles. The Bertz CT molecular complexity index is 1480. The van der Waals surface area contributed by atoms with Crippen LogP contribution in [0, 0.1) is 13.8 Å². The third-order valence-electron chi connectivity index (χ3n) is 7.10. The number of H-pyrrole nitrogens is 1. The minimum absolute atomic E-state index is 0.106. The highest BCUT2D eigenvalue weighted by molar-refractivity contribution is 7.90. The Balaban J connectivity index is 1.51. The van der Waals surface area contributed by atoms with Crippen LogP contribution in [0.2, 0.25) is 10.0 Å². The summed E-state index contributed by atoms with van der Waals surface area (Å²) >= 11 is 12.4. The first-order chi connectivity index (χ1) is 17.2. The zero-order valence-corrected chi connectivity index (χ0v) is 22.4. The van der Waals surface area contributed by atoms with Gasteiger partial charge in [0.1, 0.15) is 0 Å². The van der Waals surface area contributed by atoms with Gasteiger partial charge >= 0.3 is 0 Å². The number of carbonyl (C=O) groups is 1. The quantitative estimate of drug-likeness (QED) is 0.351. The van der Waals surface area contributed by atoms with E-state index < -0.39 is 9.84 Å². The summed E-state index contributed by atoms with van der Waals surface area (Å²) in [5, 5.41) is 6.85. The van der Waals surface area contributed by atoms with Crippen LogP contribution in [0.25, 0.3) is 11.6 Å².